The first-order valence-electron chi connectivity index (χ1n) is 6.90. The van der Waals surface area contributed by atoms with E-state index in [0.717, 1.165) is 11.3 Å². The number of carbonyl (C=O) groups excluding carboxylic acids is 1. The van der Waals surface area contributed by atoms with Gasteiger partial charge in [0.05, 0.1) is 23.2 Å². The number of aryl methyl sites for hydroxylation is 1. The van der Waals surface area contributed by atoms with Crippen molar-refractivity contribution in [2.24, 2.45) is 0 Å². The number of benzene rings is 1. The lowest BCUT2D eigenvalue weighted by molar-refractivity contribution is -0.146. The summed E-state index contributed by atoms with van der Waals surface area (Å²) in [5, 5.41) is 9.04. The summed E-state index contributed by atoms with van der Waals surface area (Å²) in [7, 11) is 0. The van der Waals surface area contributed by atoms with Gasteiger partial charge in [0.25, 0.3) is 0 Å². The maximum Gasteiger partial charge on any atom is 0.335 e. The molecule has 0 spiro atoms. The van der Waals surface area contributed by atoms with E-state index in [2.05, 4.69) is 4.98 Å². The molecule has 1 aromatic carbocycles. The summed E-state index contributed by atoms with van der Waals surface area (Å²) in [6.07, 6.45) is 0.640. The predicted octanol–water partition coefficient (Wildman–Crippen LogP) is 2.42. The van der Waals surface area contributed by atoms with Crippen molar-refractivity contribution in [2.45, 2.75) is 33.2 Å². The Bertz CT molecular complexity index is 690. The van der Waals surface area contributed by atoms with Crippen LogP contribution in [0.1, 0.15) is 43.0 Å². The van der Waals surface area contributed by atoms with Crippen molar-refractivity contribution in [3.8, 4) is 0 Å². The number of fused-ring (bicyclic) bond motifs is 1. The molecule has 1 atom stereocenters. The van der Waals surface area contributed by atoms with Gasteiger partial charge in [-0.2, -0.15) is 0 Å². The monoisotopic (exact) mass is 290 g/mol. The quantitative estimate of drug-likeness (QED) is 0.855. The van der Waals surface area contributed by atoms with Crippen LogP contribution in [-0.4, -0.2) is 33.2 Å². The zero-order chi connectivity index (χ0) is 15.6. The third-order valence-electron chi connectivity index (χ3n) is 3.34. The van der Waals surface area contributed by atoms with Crippen LogP contribution in [0.5, 0.6) is 0 Å². The van der Waals surface area contributed by atoms with E-state index in [0.29, 0.717) is 18.5 Å². The average Bonchev–Trinajstić information content (AvgIpc) is 2.83. The maximum absolute atomic E-state index is 12.0. The van der Waals surface area contributed by atoms with Gasteiger partial charge < -0.3 is 14.4 Å². The number of hydrogen-bond donors (Lipinski definition) is 1. The number of carboxylic acid groups (broad SMARTS) is 1. The first-order valence-corrected chi connectivity index (χ1v) is 6.90. The fourth-order valence-electron chi connectivity index (χ4n) is 2.33. The summed E-state index contributed by atoms with van der Waals surface area (Å²) < 4.78 is 6.86. The topological polar surface area (TPSA) is 81.4 Å². The second-order valence-corrected chi connectivity index (χ2v) is 4.69. The lowest BCUT2D eigenvalue weighted by atomic mass is 10.2. The molecule has 1 heterocycles. The molecule has 0 amide bonds. The lowest BCUT2D eigenvalue weighted by Crippen LogP contribution is -2.20. The van der Waals surface area contributed by atoms with Crippen molar-refractivity contribution in [1.82, 2.24) is 9.55 Å². The maximum atomic E-state index is 12.0. The summed E-state index contributed by atoms with van der Waals surface area (Å²) >= 11 is 0. The highest BCUT2D eigenvalue weighted by Gasteiger charge is 2.22. The second kappa shape index (κ2) is 5.95. The number of esters is 1. The molecule has 2 rings (SSSR count). The molecule has 6 heteroatoms. The number of carboxylic acids is 1. The van der Waals surface area contributed by atoms with Crippen LogP contribution < -0.4 is 0 Å². The standard InChI is InChI=1S/C15H18N2O4/c1-4-13-16-11-8-10(14(18)19)6-7-12(11)17(13)9(3)15(20)21-5-2/h6-9H,4-5H2,1-3H3,(H,18,19). The third-order valence-corrected chi connectivity index (χ3v) is 3.34. The lowest BCUT2D eigenvalue weighted by Gasteiger charge is -2.15. The van der Waals surface area contributed by atoms with Crippen molar-refractivity contribution >= 4 is 23.0 Å². The molecule has 0 saturated heterocycles. The number of nitrogens with zero attached hydrogens (tertiary/aromatic N) is 2. The minimum Gasteiger partial charge on any atom is -0.478 e. The Hall–Kier alpha value is -2.37. The largest absolute Gasteiger partial charge is 0.478 e. The van der Waals surface area contributed by atoms with Crippen molar-refractivity contribution in [3.63, 3.8) is 0 Å². The summed E-state index contributed by atoms with van der Waals surface area (Å²) in [6.45, 7) is 5.77. The van der Waals surface area contributed by atoms with Crippen LogP contribution >= 0.6 is 0 Å². The molecule has 0 aliphatic rings. The molecule has 0 saturated carbocycles. The zero-order valence-corrected chi connectivity index (χ0v) is 12.3. The van der Waals surface area contributed by atoms with Crippen molar-refractivity contribution in [1.29, 1.82) is 0 Å². The van der Waals surface area contributed by atoms with Crippen LogP contribution in [0.15, 0.2) is 18.2 Å². The molecular formula is C15H18N2O4. The predicted molar refractivity (Wildman–Crippen MR) is 77.4 cm³/mol. The molecule has 0 radical (unpaired) electrons. The molecular weight excluding hydrogens is 272 g/mol. The van der Waals surface area contributed by atoms with Gasteiger partial charge >= 0.3 is 11.9 Å². The molecule has 0 aliphatic heterocycles. The molecule has 0 aliphatic carbocycles. The van der Waals surface area contributed by atoms with E-state index in [1.165, 1.54) is 12.1 Å². The van der Waals surface area contributed by atoms with Gasteiger partial charge in [0.1, 0.15) is 11.9 Å². The van der Waals surface area contributed by atoms with Crippen LogP contribution in [0.4, 0.5) is 0 Å². The van der Waals surface area contributed by atoms with Gasteiger partial charge in [-0.25, -0.2) is 14.6 Å². The average molecular weight is 290 g/mol. The smallest absolute Gasteiger partial charge is 0.335 e. The van der Waals surface area contributed by atoms with Crippen LogP contribution in [0.3, 0.4) is 0 Å². The Balaban J connectivity index is 2.56. The second-order valence-electron chi connectivity index (χ2n) is 4.69. The number of aromatic nitrogens is 2. The van der Waals surface area contributed by atoms with Gasteiger partial charge in [-0.1, -0.05) is 6.92 Å². The molecule has 21 heavy (non-hydrogen) atoms. The summed E-state index contributed by atoms with van der Waals surface area (Å²) in [5.74, 6) is -0.593. The van der Waals surface area contributed by atoms with Gasteiger partial charge in [0, 0.05) is 6.42 Å². The minimum absolute atomic E-state index is 0.179. The van der Waals surface area contributed by atoms with E-state index in [1.54, 1.807) is 24.5 Å². The number of carbonyl (C=O) groups is 2. The van der Waals surface area contributed by atoms with E-state index in [4.69, 9.17) is 9.84 Å². The number of aromatic carboxylic acids is 1. The minimum atomic E-state index is -0.997. The summed E-state index contributed by atoms with van der Waals surface area (Å²) in [5.41, 5.74) is 1.49. The van der Waals surface area contributed by atoms with Crippen LogP contribution in [-0.2, 0) is 16.0 Å². The van der Waals surface area contributed by atoms with Gasteiger partial charge in [-0.15, -0.1) is 0 Å². The molecule has 0 bridgehead atoms. The zero-order valence-electron chi connectivity index (χ0n) is 12.3. The van der Waals surface area contributed by atoms with Gasteiger partial charge in [-0.05, 0) is 32.0 Å². The molecule has 2 aromatic rings. The van der Waals surface area contributed by atoms with E-state index in [-0.39, 0.29) is 11.5 Å². The third kappa shape index (κ3) is 2.74. The van der Waals surface area contributed by atoms with E-state index in [9.17, 15) is 9.59 Å². The van der Waals surface area contributed by atoms with Crippen LogP contribution in [0, 0.1) is 0 Å². The first kappa shape index (κ1) is 15.0. The summed E-state index contributed by atoms with van der Waals surface area (Å²) in [4.78, 5) is 27.4. The van der Waals surface area contributed by atoms with Gasteiger partial charge in [0.15, 0.2) is 0 Å². The van der Waals surface area contributed by atoms with E-state index < -0.39 is 12.0 Å². The Morgan fingerprint density at radius 3 is 2.67 bits per heavy atom. The Labute approximate surface area is 122 Å². The fraction of sp³-hybridized carbons (Fsp3) is 0.400. The first-order chi connectivity index (χ1) is 9.99. The van der Waals surface area contributed by atoms with E-state index >= 15 is 0 Å². The normalized spacial score (nSPS) is 12.3. The molecule has 1 aromatic heterocycles. The Morgan fingerprint density at radius 1 is 1.38 bits per heavy atom. The Morgan fingerprint density at radius 2 is 2.10 bits per heavy atom. The fourth-order valence-corrected chi connectivity index (χ4v) is 2.33. The molecule has 6 nitrogen and oxygen atoms in total. The molecule has 1 N–H and O–H groups in total. The number of imidazole rings is 1. The van der Waals surface area contributed by atoms with Gasteiger partial charge in [-0.3, -0.25) is 0 Å². The molecule has 0 fully saturated rings. The van der Waals surface area contributed by atoms with Crippen molar-refractivity contribution < 1.29 is 19.4 Å². The highest BCUT2D eigenvalue weighted by Crippen LogP contribution is 2.23. The number of ether oxygens (including phenoxy) is 1. The molecule has 112 valence electrons. The molecule has 1 unspecified atom stereocenters. The Kier molecular flexibility index (Phi) is 4.26. The SMILES string of the molecule is CCOC(=O)C(C)n1c(CC)nc2cc(C(=O)O)ccc21. The highest BCUT2D eigenvalue weighted by atomic mass is 16.5. The number of rotatable bonds is 5. The highest BCUT2D eigenvalue weighted by molar-refractivity contribution is 5.93. The van der Waals surface area contributed by atoms with Crippen LogP contribution in [0.25, 0.3) is 11.0 Å². The number of hydrogen-bond acceptors (Lipinski definition) is 4. The van der Waals surface area contributed by atoms with Crippen molar-refractivity contribution in [2.75, 3.05) is 6.61 Å². The van der Waals surface area contributed by atoms with Crippen molar-refractivity contribution in [3.05, 3.63) is 29.6 Å². The summed E-state index contributed by atoms with van der Waals surface area (Å²) in [6, 6.07) is 4.21. The van der Waals surface area contributed by atoms with Gasteiger partial charge in [0.2, 0.25) is 0 Å². The van der Waals surface area contributed by atoms with E-state index in [1.807, 2.05) is 6.92 Å². The van der Waals surface area contributed by atoms with Crippen LogP contribution in [0.2, 0.25) is 0 Å².